The van der Waals surface area contributed by atoms with Crippen LogP contribution in [0, 0.1) is 6.92 Å². The Labute approximate surface area is 120 Å². The van der Waals surface area contributed by atoms with Crippen LogP contribution in [-0.4, -0.2) is 49.2 Å². The van der Waals surface area contributed by atoms with Gasteiger partial charge in [-0.05, 0) is 25.4 Å². The summed E-state index contributed by atoms with van der Waals surface area (Å²) in [6.07, 6.45) is 0. The molecule has 0 radical (unpaired) electrons. The van der Waals surface area contributed by atoms with E-state index in [4.69, 9.17) is 5.11 Å². The third kappa shape index (κ3) is 2.75. The summed E-state index contributed by atoms with van der Waals surface area (Å²) in [5, 5.41) is 7.60. The number of carbonyl (C=O) groups excluding carboxylic acids is 1. The number of aromatic nitrogens is 1. The number of nitrogens with zero attached hydrogens (tertiary/aromatic N) is 2. The van der Waals surface area contributed by atoms with Crippen molar-refractivity contribution in [3.63, 3.8) is 0 Å². The number of hydrogen-bond donors (Lipinski definition) is 1. The van der Waals surface area contributed by atoms with Crippen molar-refractivity contribution >= 4 is 38.5 Å². The van der Waals surface area contributed by atoms with Gasteiger partial charge < -0.3 is 9.84 Å². The summed E-state index contributed by atoms with van der Waals surface area (Å²) in [5.41, 5.74) is 0.0170. The van der Waals surface area contributed by atoms with Crippen molar-refractivity contribution in [3.05, 3.63) is 11.3 Å². The number of carboxylic acid groups (broad SMARTS) is 1. The highest BCUT2D eigenvalue weighted by molar-refractivity contribution is 7.94. The van der Waals surface area contributed by atoms with Crippen molar-refractivity contribution in [2.45, 2.75) is 19.1 Å². The molecule has 1 aromatic heterocycles. The first kappa shape index (κ1) is 16.4. The zero-order valence-corrected chi connectivity index (χ0v) is 12.9. The molecule has 1 heterocycles. The third-order valence-electron chi connectivity index (χ3n) is 2.71. The second-order valence-corrected chi connectivity index (χ2v) is 6.97. The zero-order chi connectivity index (χ0) is 15.7. The Bertz CT molecular complexity index is 636. The molecule has 1 N–H and O–H groups in total. The smallest absolute Gasteiger partial charge is 0.340 e. The van der Waals surface area contributed by atoms with E-state index in [1.54, 1.807) is 0 Å². The van der Waals surface area contributed by atoms with Crippen molar-refractivity contribution in [1.29, 1.82) is 0 Å². The van der Waals surface area contributed by atoms with Gasteiger partial charge in [0.15, 0.2) is 5.25 Å². The molecule has 20 heavy (non-hydrogen) atoms. The number of methoxy groups -OCH3 is 1. The minimum atomic E-state index is -4.08. The molecule has 1 atom stereocenters. The summed E-state index contributed by atoms with van der Waals surface area (Å²) < 4.78 is 33.4. The number of anilines is 1. The maximum atomic E-state index is 12.2. The first-order valence-electron chi connectivity index (χ1n) is 5.39. The van der Waals surface area contributed by atoms with Crippen molar-refractivity contribution in [2.24, 2.45) is 0 Å². The van der Waals surface area contributed by atoms with Gasteiger partial charge >= 0.3 is 11.9 Å². The number of aryl methyl sites for hydroxylation is 1. The molecular formula is C10H14N2O6S2. The quantitative estimate of drug-likeness (QED) is 0.784. The molecule has 0 aliphatic rings. The van der Waals surface area contributed by atoms with E-state index in [1.165, 1.54) is 20.9 Å². The first-order chi connectivity index (χ1) is 9.14. The summed E-state index contributed by atoms with van der Waals surface area (Å²) in [6.45, 7) is 2.64. The van der Waals surface area contributed by atoms with E-state index in [-0.39, 0.29) is 16.3 Å². The predicted octanol–water partition coefficient (Wildman–Crippen LogP) is 0.477. The summed E-state index contributed by atoms with van der Waals surface area (Å²) in [7, 11) is -1.83. The number of aromatic carboxylic acids is 1. The second kappa shape index (κ2) is 5.75. The molecule has 8 nitrogen and oxygen atoms in total. The van der Waals surface area contributed by atoms with Crippen LogP contribution in [0.2, 0.25) is 0 Å². The van der Waals surface area contributed by atoms with Crippen molar-refractivity contribution < 1.29 is 27.9 Å². The maximum Gasteiger partial charge on any atom is 0.340 e. The van der Waals surface area contributed by atoms with Crippen molar-refractivity contribution in [1.82, 2.24) is 4.37 Å². The molecule has 1 aromatic rings. The van der Waals surface area contributed by atoms with Crippen molar-refractivity contribution in [2.75, 3.05) is 18.5 Å². The highest BCUT2D eigenvalue weighted by Gasteiger charge is 2.36. The Morgan fingerprint density at radius 2 is 2.00 bits per heavy atom. The second-order valence-electron chi connectivity index (χ2n) is 3.93. The van der Waals surface area contributed by atoms with E-state index in [0.717, 1.165) is 22.9 Å². The SMILES string of the molecule is COC(=O)C(C)S(=O)(=O)N(C)c1snc(C)c1C(=O)O. The topological polar surface area (TPSA) is 114 Å². The molecule has 1 rings (SSSR count). The van der Waals surface area contributed by atoms with Crippen LogP contribution in [0.15, 0.2) is 0 Å². The van der Waals surface area contributed by atoms with Gasteiger partial charge in [-0.2, -0.15) is 4.37 Å². The van der Waals surface area contributed by atoms with Gasteiger partial charge in [-0.15, -0.1) is 0 Å². The van der Waals surface area contributed by atoms with Crippen LogP contribution in [0.25, 0.3) is 0 Å². The van der Waals surface area contributed by atoms with Crippen LogP contribution >= 0.6 is 11.5 Å². The van der Waals surface area contributed by atoms with Crippen LogP contribution in [0.4, 0.5) is 5.00 Å². The summed E-state index contributed by atoms with van der Waals surface area (Å²) in [4.78, 5) is 22.5. The Kier molecular flexibility index (Phi) is 4.71. The molecule has 112 valence electrons. The Hall–Kier alpha value is -1.68. The van der Waals surface area contributed by atoms with Gasteiger partial charge in [-0.1, -0.05) is 0 Å². The average molecular weight is 322 g/mol. The lowest BCUT2D eigenvalue weighted by Gasteiger charge is -2.21. The lowest BCUT2D eigenvalue weighted by atomic mass is 10.2. The molecule has 0 amide bonds. The van der Waals surface area contributed by atoms with E-state index < -0.39 is 27.2 Å². The molecule has 0 aliphatic carbocycles. The number of carboxylic acids is 1. The Balaban J connectivity index is 3.28. The highest BCUT2D eigenvalue weighted by atomic mass is 32.2. The fraction of sp³-hybridized carbons (Fsp3) is 0.500. The monoisotopic (exact) mass is 322 g/mol. The third-order valence-corrected chi connectivity index (χ3v) is 5.87. The van der Waals surface area contributed by atoms with Gasteiger partial charge in [0.2, 0.25) is 10.0 Å². The van der Waals surface area contributed by atoms with Gasteiger partial charge in [0.05, 0.1) is 12.8 Å². The lowest BCUT2D eigenvalue weighted by molar-refractivity contribution is -0.139. The number of hydrogen-bond acceptors (Lipinski definition) is 7. The van der Waals surface area contributed by atoms with Crippen LogP contribution in [0.5, 0.6) is 0 Å². The number of ether oxygens (including phenoxy) is 1. The minimum absolute atomic E-state index is 0.0502. The normalized spacial score (nSPS) is 12.8. The fourth-order valence-electron chi connectivity index (χ4n) is 1.46. The lowest BCUT2D eigenvalue weighted by Crippen LogP contribution is -2.39. The van der Waals surface area contributed by atoms with Gasteiger partial charge in [0, 0.05) is 7.05 Å². The number of esters is 1. The van der Waals surface area contributed by atoms with E-state index in [9.17, 15) is 18.0 Å². The summed E-state index contributed by atoms with van der Waals surface area (Å²) >= 11 is 0.740. The van der Waals surface area contributed by atoms with Crippen LogP contribution < -0.4 is 4.31 Å². The molecule has 0 saturated carbocycles. The maximum absolute atomic E-state index is 12.2. The van der Waals surface area contributed by atoms with Gasteiger partial charge in [0.25, 0.3) is 0 Å². The van der Waals surface area contributed by atoms with E-state index in [1.807, 2.05) is 0 Å². The van der Waals surface area contributed by atoms with Crippen LogP contribution in [0.1, 0.15) is 23.0 Å². The summed E-state index contributed by atoms with van der Waals surface area (Å²) in [5.74, 6) is -2.20. The molecule has 0 saturated heterocycles. The highest BCUT2D eigenvalue weighted by Crippen LogP contribution is 2.30. The molecule has 0 fully saturated rings. The molecule has 0 bridgehead atoms. The van der Waals surface area contributed by atoms with E-state index in [2.05, 4.69) is 9.11 Å². The fourth-order valence-corrected chi connectivity index (χ4v) is 3.76. The molecule has 0 spiro atoms. The molecule has 0 aliphatic heterocycles. The van der Waals surface area contributed by atoms with Gasteiger partial charge in [-0.25, -0.2) is 13.2 Å². The number of sulfonamides is 1. The zero-order valence-electron chi connectivity index (χ0n) is 11.3. The van der Waals surface area contributed by atoms with Gasteiger partial charge in [-0.3, -0.25) is 9.10 Å². The Morgan fingerprint density at radius 3 is 2.45 bits per heavy atom. The molecule has 10 heteroatoms. The van der Waals surface area contributed by atoms with E-state index in [0.29, 0.717) is 0 Å². The Morgan fingerprint density at radius 1 is 1.45 bits per heavy atom. The van der Waals surface area contributed by atoms with Crippen molar-refractivity contribution in [3.8, 4) is 0 Å². The average Bonchev–Trinajstić information content (AvgIpc) is 2.77. The van der Waals surface area contributed by atoms with Crippen LogP contribution in [0.3, 0.4) is 0 Å². The first-order valence-corrected chi connectivity index (χ1v) is 7.67. The standard InChI is InChI=1S/C10H14N2O6S2/c1-5-7(9(13)14)8(19-11-5)12(3)20(16,17)6(2)10(15)18-4/h6H,1-4H3,(H,13,14). The number of carbonyl (C=O) groups is 2. The minimum Gasteiger partial charge on any atom is -0.478 e. The summed E-state index contributed by atoms with van der Waals surface area (Å²) in [6, 6.07) is 0. The number of rotatable bonds is 5. The van der Waals surface area contributed by atoms with Crippen LogP contribution in [-0.2, 0) is 19.6 Å². The molecule has 0 aromatic carbocycles. The molecular weight excluding hydrogens is 308 g/mol. The van der Waals surface area contributed by atoms with E-state index >= 15 is 0 Å². The van der Waals surface area contributed by atoms with Gasteiger partial charge in [0.1, 0.15) is 10.6 Å². The predicted molar refractivity (Wildman–Crippen MR) is 72.6 cm³/mol. The molecule has 1 unspecified atom stereocenters. The largest absolute Gasteiger partial charge is 0.478 e.